The Morgan fingerprint density at radius 3 is 2.60 bits per heavy atom. The molecule has 2 N–H and O–H groups in total. The summed E-state index contributed by atoms with van der Waals surface area (Å²) in [6, 6.07) is 12.2. The molecule has 0 bridgehead atoms. The lowest BCUT2D eigenvalue weighted by atomic mass is 10.1. The molecule has 1 aliphatic heterocycles. The minimum Gasteiger partial charge on any atom is -0.361 e. The van der Waals surface area contributed by atoms with Crippen molar-refractivity contribution < 1.29 is 0 Å². The van der Waals surface area contributed by atoms with Gasteiger partial charge in [0.2, 0.25) is 0 Å². The second-order valence-electron chi connectivity index (χ2n) is 3.56. The van der Waals surface area contributed by atoms with Crippen LogP contribution in [0.25, 0.3) is 22.0 Å². The SMILES string of the molecule is N=Cc1c2ccc[nH]c-2c2ccccc12. The molecule has 0 aromatic heterocycles. The average molecular weight is 194 g/mol. The van der Waals surface area contributed by atoms with Crippen molar-refractivity contribution in [3.05, 3.63) is 48.2 Å². The highest BCUT2D eigenvalue weighted by Crippen LogP contribution is 2.35. The molecular formula is C13H10N2. The molecule has 2 aliphatic rings. The molecule has 0 radical (unpaired) electrons. The van der Waals surface area contributed by atoms with Crippen LogP contribution in [-0.2, 0) is 0 Å². The van der Waals surface area contributed by atoms with Crippen LogP contribution < -0.4 is 0 Å². The Bertz CT molecular complexity index is 607. The van der Waals surface area contributed by atoms with Crippen molar-refractivity contribution in [1.29, 1.82) is 5.41 Å². The number of rotatable bonds is 1. The fourth-order valence-electron chi connectivity index (χ4n) is 2.12. The highest BCUT2D eigenvalue weighted by molar-refractivity contribution is 6.13. The second kappa shape index (κ2) is 2.95. The standard InChI is InChI=1S/C13H10N2/c14-8-12-9-4-1-2-5-10(9)13-11(12)6-3-7-15-13/h1-8,14-15H. The van der Waals surface area contributed by atoms with E-state index in [0.29, 0.717) is 0 Å². The van der Waals surface area contributed by atoms with Crippen molar-refractivity contribution >= 4 is 17.0 Å². The summed E-state index contributed by atoms with van der Waals surface area (Å²) >= 11 is 0. The fourth-order valence-corrected chi connectivity index (χ4v) is 2.12. The molecule has 1 aromatic rings. The third-order valence-electron chi connectivity index (χ3n) is 2.78. The lowest BCUT2D eigenvalue weighted by Crippen LogP contribution is -1.82. The van der Waals surface area contributed by atoms with Gasteiger partial charge in [-0.1, -0.05) is 30.3 Å². The molecule has 1 aromatic carbocycles. The van der Waals surface area contributed by atoms with E-state index in [4.69, 9.17) is 5.41 Å². The molecule has 0 unspecified atom stereocenters. The number of hydrogen-bond acceptors (Lipinski definition) is 1. The molecule has 1 heterocycles. The van der Waals surface area contributed by atoms with Crippen LogP contribution in [0.3, 0.4) is 0 Å². The molecule has 0 atom stereocenters. The van der Waals surface area contributed by atoms with Crippen molar-refractivity contribution in [3.8, 4) is 11.3 Å². The predicted octanol–water partition coefficient (Wildman–Crippen LogP) is 3.27. The van der Waals surface area contributed by atoms with Gasteiger partial charge in [0.25, 0.3) is 0 Å². The van der Waals surface area contributed by atoms with E-state index in [1.807, 2.05) is 30.5 Å². The van der Waals surface area contributed by atoms with Crippen LogP contribution in [0.2, 0.25) is 0 Å². The molecule has 0 fully saturated rings. The minimum atomic E-state index is 0.998. The second-order valence-corrected chi connectivity index (χ2v) is 3.56. The van der Waals surface area contributed by atoms with E-state index in [1.54, 1.807) is 0 Å². The van der Waals surface area contributed by atoms with Crippen LogP contribution in [0.15, 0.2) is 42.6 Å². The number of nitrogens with one attached hydrogen (secondary N) is 2. The maximum absolute atomic E-state index is 7.49. The Labute approximate surface area is 87.4 Å². The van der Waals surface area contributed by atoms with Crippen molar-refractivity contribution in [3.63, 3.8) is 0 Å². The van der Waals surface area contributed by atoms with Gasteiger partial charge in [-0.25, -0.2) is 0 Å². The molecule has 15 heavy (non-hydrogen) atoms. The summed E-state index contributed by atoms with van der Waals surface area (Å²) in [4.78, 5) is 3.25. The quantitative estimate of drug-likeness (QED) is 0.558. The molecule has 2 heteroatoms. The number of benzene rings is 1. The van der Waals surface area contributed by atoms with Gasteiger partial charge in [0.05, 0.1) is 5.69 Å². The minimum absolute atomic E-state index is 0.998. The first-order valence-electron chi connectivity index (χ1n) is 4.90. The molecule has 0 saturated carbocycles. The van der Waals surface area contributed by atoms with Gasteiger partial charge in [0, 0.05) is 28.9 Å². The number of hydrogen-bond donors (Lipinski definition) is 2. The number of aromatic nitrogens is 1. The van der Waals surface area contributed by atoms with Crippen LogP contribution in [0.4, 0.5) is 0 Å². The third kappa shape index (κ3) is 1.02. The lowest BCUT2D eigenvalue weighted by molar-refractivity contribution is 1.35. The third-order valence-corrected chi connectivity index (χ3v) is 2.78. The number of pyridine rings is 1. The van der Waals surface area contributed by atoms with Crippen molar-refractivity contribution in [1.82, 2.24) is 4.98 Å². The maximum Gasteiger partial charge on any atom is 0.0540 e. The summed E-state index contributed by atoms with van der Waals surface area (Å²) in [5.41, 5.74) is 3.23. The summed E-state index contributed by atoms with van der Waals surface area (Å²) in [5, 5.41) is 9.82. The van der Waals surface area contributed by atoms with Crippen LogP contribution >= 0.6 is 0 Å². The Balaban J connectivity index is 2.60. The number of H-pyrrole nitrogens is 1. The first-order chi connectivity index (χ1) is 7.42. The van der Waals surface area contributed by atoms with E-state index in [1.165, 1.54) is 11.6 Å². The summed E-state index contributed by atoms with van der Waals surface area (Å²) in [7, 11) is 0. The topological polar surface area (TPSA) is 39.6 Å². The summed E-state index contributed by atoms with van der Waals surface area (Å²) in [6.07, 6.45) is 3.35. The zero-order valence-electron chi connectivity index (χ0n) is 8.12. The summed E-state index contributed by atoms with van der Waals surface area (Å²) in [6.45, 7) is 0. The average Bonchev–Trinajstić information content (AvgIpc) is 2.63. The van der Waals surface area contributed by atoms with Gasteiger partial charge in [0.15, 0.2) is 0 Å². The van der Waals surface area contributed by atoms with Gasteiger partial charge in [0.1, 0.15) is 0 Å². The normalized spacial score (nSPS) is 10.9. The van der Waals surface area contributed by atoms with E-state index in [2.05, 4.69) is 17.1 Å². The van der Waals surface area contributed by atoms with E-state index >= 15 is 0 Å². The Morgan fingerprint density at radius 2 is 1.80 bits per heavy atom. The molecule has 0 spiro atoms. The fraction of sp³-hybridized carbons (Fsp3) is 0. The largest absolute Gasteiger partial charge is 0.361 e. The van der Waals surface area contributed by atoms with Crippen molar-refractivity contribution in [2.75, 3.05) is 0 Å². The first kappa shape index (κ1) is 8.24. The summed E-state index contributed by atoms with van der Waals surface area (Å²) in [5.74, 6) is 0. The monoisotopic (exact) mass is 194 g/mol. The molecule has 0 amide bonds. The van der Waals surface area contributed by atoms with E-state index < -0.39 is 0 Å². The highest BCUT2D eigenvalue weighted by atomic mass is 14.7. The molecular weight excluding hydrogens is 184 g/mol. The molecule has 2 nitrogen and oxygen atoms in total. The van der Waals surface area contributed by atoms with Crippen LogP contribution in [0.5, 0.6) is 0 Å². The summed E-state index contributed by atoms with van der Waals surface area (Å²) < 4.78 is 0. The Morgan fingerprint density at radius 1 is 1.00 bits per heavy atom. The van der Waals surface area contributed by atoms with Crippen molar-refractivity contribution in [2.45, 2.75) is 0 Å². The number of fused-ring (bicyclic) bond motifs is 3. The van der Waals surface area contributed by atoms with Gasteiger partial charge < -0.3 is 10.4 Å². The Hall–Kier alpha value is -2.09. The van der Waals surface area contributed by atoms with Gasteiger partial charge in [-0.3, -0.25) is 0 Å². The van der Waals surface area contributed by atoms with E-state index in [9.17, 15) is 0 Å². The molecule has 0 saturated heterocycles. The number of aromatic amines is 1. The van der Waals surface area contributed by atoms with Gasteiger partial charge in [-0.15, -0.1) is 0 Å². The van der Waals surface area contributed by atoms with E-state index in [-0.39, 0.29) is 0 Å². The van der Waals surface area contributed by atoms with Crippen molar-refractivity contribution in [2.24, 2.45) is 0 Å². The van der Waals surface area contributed by atoms with Gasteiger partial charge in [-0.2, -0.15) is 0 Å². The van der Waals surface area contributed by atoms with Crippen LogP contribution in [0, 0.1) is 5.41 Å². The smallest absolute Gasteiger partial charge is 0.0540 e. The molecule has 1 aliphatic carbocycles. The highest BCUT2D eigenvalue weighted by Gasteiger charge is 2.14. The van der Waals surface area contributed by atoms with Gasteiger partial charge >= 0.3 is 0 Å². The van der Waals surface area contributed by atoms with E-state index in [0.717, 1.165) is 22.2 Å². The van der Waals surface area contributed by atoms with Gasteiger partial charge in [-0.05, 0) is 11.5 Å². The lowest BCUT2D eigenvalue weighted by Gasteiger charge is -1.98. The maximum atomic E-state index is 7.49. The molecule has 72 valence electrons. The zero-order chi connectivity index (χ0) is 10.3. The predicted molar refractivity (Wildman–Crippen MR) is 62.8 cm³/mol. The molecule has 3 rings (SSSR count). The van der Waals surface area contributed by atoms with Crippen LogP contribution in [-0.4, -0.2) is 11.2 Å². The van der Waals surface area contributed by atoms with Crippen LogP contribution in [0.1, 0.15) is 5.56 Å². The zero-order valence-corrected chi connectivity index (χ0v) is 8.12. The first-order valence-corrected chi connectivity index (χ1v) is 4.90. The Kier molecular flexibility index (Phi) is 1.62.